The molecule has 0 N–H and O–H groups in total. The molecule has 0 unspecified atom stereocenters. The molecule has 2 aromatic rings. The lowest BCUT2D eigenvalue weighted by Crippen LogP contribution is -2.30. The van der Waals surface area contributed by atoms with Crippen LogP contribution in [-0.2, 0) is 19.6 Å². The fourth-order valence-corrected chi connectivity index (χ4v) is 4.47. The van der Waals surface area contributed by atoms with Gasteiger partial charge in [-0.1, -0.05) is 38.1 Å². The van der Waals surface area contributed by atoms with Crippen LogP contribution in [0.3, 0.4) is 0 Å². The van der Waals surface area contributed by atoms with Crippen molar-refractivity contribution in [3.05, 3.63) is 65.4 Å². The van der Waals surface area contributed by atoms with Crippen LogP contribution >= 0.6 is 0 Å². The minimum absolute atomic E-state index is 0.0627. The Kier molecular flexibility index (Phi) is 6.14. The van der Waals surface area contributed by atoms with Gasteiger partial charge in [0.15, 0.2) is 5.70 Å². The molecule has 0 amide bonds. The standard InChI is InChI=1S/C21H22N2O5S/c1-4-23(5-2)29(25,26)17-11-8-10-16(13-17)20-22-18(21(24)28-20)14-15-9-6-7-12-19(15)27-3/h6-14H,4-5H2,1-3H3/b18-14-. The number of carbonyl (C=O) groups excluding carboxylic acids is 1. The lowest BCUT2D eigenvalue weighted by molar-refractivity contribution is -0.129. The average Bonchev–Trinajstić information content (AvgIpc) is 3.09. The molecule has 0 aliphatic carbocycles. The SMILES string of the molecule is CCN(CC)S(=O)(=O)c1cccc(C2=N/C(=C\c3ccccc3OC)C(=O)O2)c1. The predicted molar refractivity (Wildman–Crippen MR) is 110 cm³/mol. The highest BCUT2D eigenvalue weighted by Gasteiger charge is 2.27. The molecule has 0 saturated carbocycles. The third-order valence-electron chi connectivity index (χ3n) is 4.48. The Morgan fingerprint density at radius 2 is 1.83 bits per heavy atom. The van der Waals surface area contributed by atoms with Gasteiger partial charge < -0.3 is 9.47 Å². The minimum Gasteiger partial charge on any atom is -0.496 e. The zero-order valence-corrected chi connectivity index (χ0v) is 17.3. The molecule has 152 valence electrons. The maximum Gasteiger partial charge on any atom is 0.363 e. The van der Waals surface area contributed by atoms with Crippen LogP contribution in [-0.4, -0.2) is 44.8 Å². The van der Waals surface area contributed by atoms with Crippen LogP contribution in [0.15, 0.2) is 64.1 Å². The molecular weight excluding hydrogens is 392 g/mol. The van der Waals surface area contributed by atoms with Crippen LogP contribution in [0.4, 0.5) is 0 Å². The number of aliphatic imine (C=N–C) groups is 1. The molecule has 0 atom stereocenters. The number of rotatable bonds is 7. The topological polar surface area (TPSA) is 85.3 Å². The molecule has 0 aromatic heterocycles. The summed E-state index contributed by atoms with van der Waals surface area (Å²) < 4.78 is 37.4. The molecule has 0 spiro atoms. The van der Waals surface area contributed by atoms with Crippen molar-refractivity contribution >= 4 is 28.0 Å². The van der Waals surface area contributed by atoms with Gasteiger partial charge in [-0.2, -0.15) is 4.31 Å². The molecule has 8 heteroatoms. The molecule has 0 saturated heterocycles. The summed E-state index contributed by atoms with van der Waals surface area (Å²) in [5.74, 6) is 0.0550. The van der Waals surface area contributed by atoms with E-state index in [9.17, 15) is 13.2 Å². The fraction of sp³-hybridized carbons (Fsp3) is 0.238. The van der Waals surface area contributed by atoms with E-state index in [1.54, 1.807) is 51.3 Å². The molecule has 1 aliphatic rings. The molecule has 29 heavy (non-hydrogen) atoms. The van der Waals surface area contributed by atoms with Crippen LogP contribution in [0.25, 0.3) is 6.08 Å². The molecular formula is C21H22N2O5S. The first-order chi connectivity index (χ1) is 13.9. The molecule has 0 radical (unpaired) electrons. The van der Waals surface area contributed by atoms with E-state index in [0.29, 0.717) is 30.0 Å². The quantitative estimate of drug-likeness (QED) is 0.513. The number of ether oxygens (including phenoxy) is 2. The second-order valence-electron chi connectivity index (χ2n) is 6.20. The maximum atomic E-state index is 12.8. The van der Waals surface area contributed by atoms with Crippen LogP contribution < -0.4 is 4.74 Å². The van der Waals surface area contributed by atoms with Gasteiger partial charge in [0.05, 0.1) is 12.0 Å². The van der Waals surface area contributed by atoms with Gasteiger partial charge in [0.25, 0.3) is 0 Å². The summed E-state index contributed by atoms with van der Waals surface area (Å²) in [7, 11) is -2.09. The van der Waals surface area contributed by atoms with Crippen molar-refractivity contribution in [2.45, 2.75) is 18.7 Å². The van der Waals surface area contributed by atoms with Gasteiger partial charge in [0, 0.05) is 24.2 Å². The highest BCUT2D eigenvalue weighted by molar-refractivity contribution is 7.89. The Morgan fingerprint density at radius 3 is 2.52 bits per heavy atom. The Labute approximate surface area is 170 Å². The van der Waals surface area contributed by atoms with Crippen LogP contribution in [0.5, 0.6) is 5.75 Å². The number of esters is 1. The second-order valence-corrected chi connectivity index (χ2v) is 8.13. The smallest absolute Gasteiger partial charge is 0.363 e. The van der Waals surface area contributed by atoms with Crippen molar-refractivity contribution in [3.63, 3.8) is 0 Å². The van der Waals surface area contributed by atoms with Crippen LogP contribution in [0, 0.1) is 0 Å². The zero-order chi connectivity index (χ0) is 21.0. The van der Waals surface area contributed by atoms with Crippen molar-refractivity contribution in [3.8, 4) is 5.75 Å². The number of methoxy groups -OCH3 is 1. The molecule has 0 fully saturated rings. The van der Waals surface area contributed by atoms with E-state index in [2.05, 4.69) is 4.99 Å². The van der Waals surface area contributed by atoms with Gasteiger partial charge in [-0.15, -0.1) is 0 Å². The normalized spacial score (nSPS) is 15.5. The fourth-order valence-electron chi connectivity index (χ4n) is 2.97. The lowest BCUT2D eigenvalue weighted by Gasteiger charge is -2.18. The molecule has 0 bridgehead atoms. The van der Waals surface area contributed by atoms with E-state index in [1.165, 1.54) is 16.4 Å². The highest BCUT2D eigenvalue weighted by Crippen LogP contribution is 2.25. The molecule has 2 aromatic carbocycles. The van der Waals surface area contributed by atoms with Crippen molar-refractivity contribution in [1.82, 2.24) is 4.31 Å². The highest BCUT2D eigenvalue weighted by atomic mass is 32.2. The molecule has 3 rings (SSSR count). The van der Waals surface area contributed by atoms with Crippen molar-refractivity contribution < 1.29 is 22.7 Å². The van der Waals surface area contributed by atoms with E-state index in [0.717, 1.165) is 0 Å². The Morgan fingerprint density at radius 1 is 1.10 bits per heavy atom. The first-order valence-corrected chi connectivity index (χ1v) is 10.6. The summed E-state index contributed by atoms with van der Waals surface area (Å²) in [4.78, 5) is 16.7. The van der Waals surface area contributed by atoms with E-state index in [1.807, 2.05) is 12.1 Å². The monoisotopic (exact) mass is 414 g/mol. The van der Waals surface area contributed by atoms with Gasteiger partial charge in [0.1, 0.15) is 5.75 Å². The number of hydrogen-bond acceptors (Lipinski definition) is 6. The second kappa shape index (κ2) is 8.59. The third kappa shape index (κ3) is 4.23. The number of hydrogen-bond donors (Lipinski definition) is 0. The van der Waals surface area contributed by atoms with Crippen LogP contribution in [0.2, 0.25) is 0 Å². The summed E-state index contributed by atoms with van der Waals surface area (Å²) in [6.45, 7) is 4.29. The number of sulfonamides is 1. The van der Waals surface area contributed by atoms with Gasteiger partial charge in [0.2, 0.25) is 15.9 Å². The average molecular weight is 414 g/mol. The van der Waals surface area contributed by atoms with Crippen LogP contribution in [0.1, 0.15) is 25.0 Å². The number of nitrogens with zero attached hydrogens (tertiary/aromatic N) is 2. The summed E-state index contributed by atoms with van der Waals surface area (Å²) in [5, 5.41) is 0. The van der Waals surface area contributed by atoms with E-state index in [4.69, 9.17) is 9.47 Å². The number of benzene rings is 2. The summed E-state index contributed by atoms with van der Waals surface area (Å²) in [5.41, 5.74) is 1.21. The number of cyclic esters (lactones) is 1. The lowest BCUT2D eigenvalue weighted by atomic mass is 10.1. The van der Waals surface area contributed by atoms with Crippen molar-refractivity contribution in [1.29, 1.82) is 0 Å². The minimum atomic E-state index is -3.63. The van der Waals surface area contributed by atoms with E-state index >= 15 is 0 Å². The summed E-state index contributed by atoms with van der Waals surface area (Å²) in [6, 6.07) is 13.4. The molecule has 1 aliphatic heterocycles. The van der Waals surface area contributed by atoms with Gasteiger partial charge in [-0.3, -0.25) is 0 Å². The van der Waals surface area contributed by atoms with Gasteiger partial charge in [-0.05, 0) is 30.3 Å². The van der Waals surface area contributed by atoms with Gasteiger partial charge >= 0.3 is 5.97 Å². The largest absolute Gasteiger partial charge is 0.496 e. The van der Waals surface area contributed by atoms with E-state index in [-0.39, 0.29) is 16.5 Å². The maximum absolute atomic E-state index is 12.8. The van der Waals surface area contributed by atoms with Crippen molar-refractivity contribution in [2.24, 2.45) is 4.99 Å². The molecule has 7 nitrogen and oxygen atoms in total. The summed E-state index contributed by atoms with van der Waals surface area (Å²) >= 11 is 0. The summed E-state index contributed by atoms with van der Waals surface area (Å²) in [6.07, 6.45) is 1.57. The Bertz CT molecular complexity index is 1090. The Balaban J connectivity index is 1.97. The molecule has 1 heterocycles. The van der Waals surface area contributed by atoms with E-state index < -0.39 is 16.0 Å². The third-order valence-corrected chi connectivity index (χ3v) is 6.52. The van der Waals surface area contributed by atoms with Crippen molar-refractivity contribution in [2.75, 3.05) is 20.2 Å². The predicted octanol–water partition coefficient (Wildman–Crippen LogP) is 3.07. The zero-order valence-electron chi connectivity index (χ0n) is 16.5. The van der Waals surface area contributed by atoms with Gasteiger partial charge in [-0.25, -0.2) is 18.2 Å². The Hall–Kier alpha value is -2.97. The number of para-hydroxylation sites is 1. The number of carbonyl (C=O) groups is 1. The first kappa shape index (κ1) is 20.8. The first-order valence-electron chi connectivity index (χ1n) is 9.16.